The molecule has 0 aliphatic carbocycles. The lowest BCUT2D eigenvalue weighted by atomic mass is 10.3. The van der Waals surface area contributed by atoms with Gasteiger partial charge in [-0.25, -0.2) is 0 Å². The molecule has 0 unspecified atom stereocenters. The zero-order chi connectivity index (χ0) is 9.14. The van der Waals surface area contributed by atoms with E-state index in [2.05, 4.69) is 0 Å². The van der Waals surface area contributed by atoms with E-state index in [-0.39, 0.29) is 5.91 Å². The summed E-state index contributed by atoms with van der Waals surface area (Å²) in [6, 6.07) is 0. The maximum atomic E-state index is 11.2. The number of nitrogens with zero attached hydrogens (tertiary/aromatic N) is 1. The topological polar surface area (TPSA) is 63.4 Å². The van der Waals surface area contributed by atoms with E-state index >= 15 is 0 Å². The Morgan fingerprint density at radius 3 is 2.67 bits per heavy atom. The van der Waals surface area contributed by atoms with Crippen LogP contribution in [0.5, 0.6) is 0 Å². The molecular formula is C8H12N2O2. The average Bonchev–Trinajstić information content (AvgIpc) is 2.38. The van der Waals surface area contributed by atoms with Crippen LogP contribution in [0.4, 0.5) is 0 Å². The first kappa shape index (κ1) is 8.77. The molecule has 0 atom stereocenters. The van der Waals surface area contributed by atoms with E-state index < -0.39 is 5.91 Å². The monoisotopic (exact) mass is 168 g/mol. The Labute approximate surface area is 71.0 Å². The summed E-state index contributed by atoms with van der Waals surface area (Å²) in [7, 11) is 0. The van der Waals surface area contributed by atoms with Crippen LogP contribution in [-0.2, 0) is 9.59 Å². The number of hydrogen-bond acceptors (Lipinski definition) is 2. The molecule has 1 aliphatic heterocycles. The van der Waals surface area contributed by atoms with Crippen LogP contribution in [-0.4, -0.2) is 23.3 Å². The second-order valence-electron chi connectivity index (χ2n) is 2.69. The normalized spacial score (nSPS) is 18.6. The summed E-state index contributed by atoms with van der Waals surface area (Å²) in [5.41, 5.74) is 5.41. The first-order valence-corrected chi connectivity index (χ1v) is 3.93. The van der Waals surface area contributed by atoms with Crippen molar-refractivity contribution in [2.24, 2.45) is 5.73 Å². The molecule has 0 aromatic carbocycles. The lowest BCUT2D eigenvalue weighted by Gasteiger charge is -2.15. The van der Waals surface area contributed by atoms with Gasteiger partial charge in [-0.15, -0.1) is 0 Å². The van der Waals surface area contributed by atoms with Crippen molar-refractivity contribution in [3.05, 3.63) is 11.8 Å². The Balaban J connectivity index is 2.80. The molecule has 4 heteroatoms. The van der Waals surface area contributed by atoms with Gasteiger partial charge in [0.1, 0.15) is 5.70 Å². The highest BCUT2D eigenvalue weighted by Crippen LogP contribution is 2.15. The van der Waals surface area contributed by atoms with Crippen LogP contribution in [0.25, 0.3) is 0 Å². The molecule has 0 aromatic rings. The van der Waals surface area contributed by atoms with Gasteiger partial charge in [-0.05, 0) is 13.3 Å². The van der Waals surface area contributed by atoms with Gasteiger partial charge in [0.05, 0.1) is 0 Å². The second kappa shape index (κ2) is 3.38. The van der Waals surface area contributed by atoms with Crippen LogP contribution < -0.4 is 5.73 Å². The van der Waals surface area contributed by atoms with Gasteiger partial charge in [0.25, 0.3) is 5.91 Å². The van der Waals surface area contributed by atoms with Crippen molar-refractivity contribution in [1.29, 1.82) is 0 Å². The highest BCUT2D eigenvalue weighted by atomic mass is 16.2. The number of carbonyl (C=O) groups is 2. The maximum Gasteiger partial charge on any atom is 0.265 e. The van der Waals surface area contributed by atoms with Crippen molar-refractivity contribution in [2.45, 2.75) is 19.8 Å². The third kappa shape index (κ3) is 1.47. The zero-order valence-electron chi connectivity index (χ0n) is 7.04. The van der Waals surface area contributed by atoms with Gasteiger partial charge in [0.15, 0.2) is 0 Å². The molecule has 12 heavy (non-hydrogen) atoms. The van der Waals surface area contributed by atoms with Crippen LogP contribution in [0.1, 0.15) is 19.8 Å². The molecule has 0 radical (unpaired) electrons. The SMILES string of the molecule is C/C=C(\C(N)=O)N1CCCC1=O. The number of nitrogens with two attached hydrogens (primary N) is 1. The van der Waals surface area contributed by atoms with Gasteiger partial charge in [0, 0.05) is 13.0 Å². The molecule has 0 spiro atoms. The molecular weight excluding hydrogens is 156 g/mol. The van der Waals surface area contributed by atoms with E-state index in [0.29, 0.717) is 18.7 Å². The molecule has 2 amide bonds. The number of amides is 2. The van der Waals surface area contributed by atoms with Crippen molar-refractivity contribution in [1.82, 2.24) is 4.90 Å². The lowest BCUT2D eigenvalue weighted by Crippen LogP contribution is -2.32. The summed E-state index contributed by atoms with van der Waals surface area (Å²) < 4.78 is 0. The largest absolute Gasteiger partial charge is 0.364 e. The Bertz CT molecular complexity index is 245. The molecule has 1 rings (SSSR count). The van der Waals surface area contributed by atoms with E-state index in [1.807, 2.05) is 0 Å². The average molecular weight is 168 g/mol. The van der Waals surface area contributed by atoms with E-state index in [1.165, 1.54) is 4.90 Å². The molecule has 2 N–H and O–H groups in total. The highest BCUT2D eigenvalue weighted by Gasteiger charge is 2.25. The summed E-state index contributed by atoms with van der Waals surface area (Å²) in [5.74, 6) is -0.547. The van der Waals surface area contributed by atoms with Crippen molar-refractivity contribution in [3.8, 4) is 0 Å². The minimum absolute atomic E-state index is 0.0121. The number of likely N-dealkylation sites (tertiary alicyclic amines) is 1. The van der Waals surface area contributed by atoms with Crippen molar-refractivity contribution >= 4 is 11.8 Å². The fourth-order valence-corrected chi connectivity index (χ4v) is 1.33. The first-order chi connectivity index (χ1) is 5.66. The molecule has 66 valence electrons. The zero-order valence-corrected chi connectivity index (χ0v) is 7.04. The molecule has 1 heterocycles. The number of hydrogen-bond donors (Lipinski definition) is 1. The Morgan fingerprint density at radius 1 is 1.67 bits per heavy atom. The highest BCUT2D eigenvalue weighted by molar-refractivity contribution is 5.96. The summed E-state index contributed by atoms with van der Waals surface area (Å²) >= 11 is 0. The van der Waals surface area contributed by atoms with E-state index in [9.17, 15) is 9.59 Å². The molecule has 0 bridgehead atoms. The summed E-state index contributed by atoms with van der Waals surface area (Å²) in [5, 5.41) is 0. The molecule has 1 fully saturated rings. The minimum Gasteiger partial charge on any atom is -0.364 e. The number of carbonyl (C=O) groups excluding carboxylic acids is 2. The molecule has 0 aromatic heterocycles. The van der Waals surface area contributed by atoms with E-state index in [4.69, 9.17) is 5.73 Å². The predicted octanol–water partition coefficient (Wildman–Crippen LogP) is -0.00210. The molecule has 1 saturated heterocycles. The number of allylic oxidation sites excluding steroid dienone is 1. The second-order valence-corrected chi connectivity index (χ2v) is 2.69. The molecule has 4 nitrogen and oxygen atoms in total. The summed E-state index contributed by atoms with van der Waals surface area (Å²) in [6.45, 7) is 2.31. The quantitative estimate of drug-likeness (QED) is 0.590. The Hall–Kier alpha value is -1.32. The molecule has 0 saturated carbocycles. The fraction of sp³-hybridized carbons (Fsp3) is 0.500. The van der Waals surface area contributed by atoms with Crippen LogP contribution in [0.2, 0.25) is 0 Å². The van der Waals surface area contributed by atoms with Crippen molar-refractivity contribution in [2.75, 3.05) is 6.54 Å². The van der Waals surface area contributed by atoms with Crippen LogP contribution in [0.15, 0.2) is 11.8 Å². The van der Waals surface area contributed by atoms with Crippen molar-refractivity contribution < 1.29 is 9.59 Å². The number of rotatable bonds is 2. The van der Waals surface area contributed by atoms with Gasteiger partial charge < -0.3 is 10.6 Å². The van der Waals surface area contributed by atoms with Gasteiger partial charge in [0.2, 0.25) is 5.91 Å². The van der Waals surface area contributed by atoms with E-state index in [1.54, 1.807) is 13.0 Å². The summed E-state index contributed by atoms with van der Waals surface area (Å²) in [6.07, 6.45) is 2.90. The van der Waals surface area contributed by atoms with Gasteiger partial charge >= 0.3 is 0 Å². The van der Waals surface area contributed by atoms with Gasteiger partial charge in [-0.1, -0.05) is 6.08 Å². The standard InChI is InChI=1S/C8H12N2O2/c1-2-6(8(9)12)10-5-3-4-7(10)11/h2H,3-5H2,1H3,(H2,9,12)/b6-2+. The smallest absolute Gasteiger partial charge is 0.265 e. The maximum absolute atomic E-state index is 11.2. The number of primary amides is 1. The Kier molecular flexibility index (Phi) is 2.47. The van der Waals surface area contributed by atoms with Crippen LogP contribution >= 0.6 is 0 Å². The lowest BCUT2D eigenvalue weighted by molar-refractivity contribution is -0.129. The molecule has 1 aliphatic rings. The fourth-order valence-electron chi connectivity index (χ4n) is 1.33. The Morgan fingerprint density at radius 2 is 2.33 bits per heavy atom. The van der Waals surface area contributed by atoms with Crippen LogP contribution in [0.3, 0.4) is 0 Å². The first-order valence-electron chi connectivity index (χ1n) is 3.93. The van der Waals surface area contributed by atoms with Gasteiger partial charge in [-0.3, -0.25) is 9.59 Å². The van der Waals surface area contributed by atoms with E-state index in [0.717, 1.165) is 6.42 Å². The summed E-state index contributed by atoms with van der Waals surface area (Å²) in [4.78, 5) is 23.4. The third-order valence-electron chi connectivity index (χ3n) is 1.89. The van der Waals surface area contributed by atoms with Gasteiger partial charge in [-0.2, -0.15) is 0 Å². The van der Waals surface area contributed by atoms with Crippen molar-refractivity contribution in [3.63, 3.8) is 0 Å². The minimum atomic E-state index is -0.534. The third-order valence-corrected chi connectivity index (χ3v) is 1.89. The van der Waals surface area contributed by atoms with Crippen LogP contribution in [0, 0.1) is 0 Å². The predicted molar refractivity (Wildman–Crippen MR) is 43.9 cm³/mol.